The Balaban J connectivity index is 1.53. The van der Waals surface area contributed by atoms with E-state index in [0.29, 0.717) is 5.41 Å². The fourth-order valence-corrected chi connectivity index (χ4v) is 3.56. The molecule has 3 rings (SSSR count). The second kappa shape index (κ2) is 7.21. The zero-order chi connectivity index (χ0) is 15.3. The lowest BCUT2D eigenvalue weighted by Gasteiger charge is -2.38. The van der Waals surface area contributed by atoms with E-state index in [-0.39, 0.29) is 0 Å². The standard InChI is InChI=1S/C18H29N3O/c1-2-3-11-19-17(20-12-7-16-6-4-14-22-16)21-13-10-18(15-21)8-5-9-18/h4,6,14H,2-3,5,7-13,15H2,1H3,(H,19,20). The average Bonchev–Trinajstić information content (AvgIpc) is 3.15. The molecular weight excluding hydrogens is 274 g/mol. The van der Waals surface area contributed by atoms with Crippen LogP contribution in [-0.2, 0) is 6.42 Å². The molecule has 122 valence electrons. The predicted molar refractivity (Wildman–Crippen MR) is 90.1 cm³/mol. The summed E-state index contributed by atoms with van der Waals surface area (Å²) >= 11 is 0. The molecule has 1 saturated carbocycles. The van der Waals surface area contributed by atoms with Crippen molar-refractivity contribution in [1.82, 2.24) is 10.2 Å². The van der Waals surface area contributed by atoms with Gasteiger partial charge < -0.3 is 14.6 Å². The molecule has 1 aliphatic heterocycles. The minimum atomic E-state index is 0.619. The van der Waals surface area contributed by atoms with Crippen molar-refractivity contribution < 1.29 is 4.42 Å². The number of hydrogen-bond acceptors (Lipinski definition) is 2. The summed E-state index contributed by atoms with van der Waals surface area (Å²) < 4.78 is 5.41. The molecular formula is C18H29N3O. The summed E-state index contributed by atoms with van der Waals surface area (Å²) in [6.45, 7) is 6.41. The molecule has 1 aromatic rings. The van der Waals surface area contributed by atoms with Gasteiger partial charge in [-0.25, -0.2) is 0 Å². The van der Waals surface area contributed by atoms with E-state index in [0.717, 1.165) is 31.2 Å². The van der Waals surface area contributed by atoms with Crippen molar-refractivity contribution >= 4 is 5.96 Å². The van der Waals surface area contributed by atoms with Crippen LogP contribution in [0, 0.1) is 5.41 Å². The van der Waals surface area contributed by atoms with Gasteiger partial charge in [0.1, 0.15) is 5.76 Å². The van der Waals surface area contributed by atoms with E-state index in [1.165, 1.54) is 51.6 Å². The van der Waals surface area contributed by atoms with E-state index in [1.807, 2.05) is 12.1 Å². The zero-order valence-corrected chi connectivity index (χ0v) is 13.8. The van der Waals surface area contributed by atoms with Crippen LogP contribution in [0.1, 0.15) is 51.2 Å². The molecule has 1 aliphatic carbocycles. The highest BCUT2D eigenvalue weighted by Gasteiger charge is 2.43. The number of aliphatic imine (C=N–C) groups is 1. The van der Waals surface area contributed by atoms with Gasteiger partial charge in [-0.2, -0.15) is 0 Å². The van der Waals surface area contributed by atoms with Crippen LogP contribution in [0.25, 0.3) is 0 Å². The molecule has 2 heterocycles. The smallest absolute Gasteiger partial charge is 0.193 e. The van der Waals surface area contributed by atoms with Gasteiger partial charge in [0, 0.05) is 32.6 Å². The van der Waals surface area contributed by atoms with E-state index in [1.54, 1.807) is 6.26 Å². The van der Waals surface area contributed by atoms with Gasteiger partial charge in [0.15, 0.2) is 5.96 Å². The van der Waals surface area contributed by atoms with Crippen LogP contribution in [0.15, 0.2) is 27.8 Å². The van der Waals surface area contributed by atoms with Crippen LogP contribution < -0.4 is 5.32 Å². The van der Waals surface area contributed by atoms with Crippen LogP contribution >= 0.6 is 0 Å². The van der Waals surface area contributed by atoms with Crippen LogP contribution in [-0.4, -0.2) is 37.0 Å². The summed E-state index contributed by atoms with van der Waals surface area (Å²) in [5.41, 5.74) is 0.619. The topological polar surface area (TPSA) is 40.8 Å². The van der Waals surface area contributed by atoms with Crippen molar-refractivity contribution in [2.45, 2.75) is 51.9 Å². The molecule has 1 aromatic heterocycles. The summed E-state index contributed by atoms with van der Waals surface area (Å²) in [6, 6.07) is 3.99. The lowest BCUT2D eigenvalue weighted by atomic mass is 9.68. The maximum atomic E-state index is 5.41. The third-order valence-electron chi connectivity index (χ3n) is 5.16. The Morgan fingerprint density at radius 1 is 1.41 bits per heavy atom. The normalized spacial score (nSPS) is 20.4. The molecule has 2 fully saturated rings. The molecule has 1 N–H and O–H groups in total. The van der Waals surface area contributed by atoms with Crippen LogP contribution in [0.4, 0.5) is 0 Å². The maximum Gasteiger partial charge on any atom is 0.193 e. The molecule has 1 spiro atoms. The van der Waals surface area contributed by atoms with Crippen LogP contribution in [0.5, 0.6) is 0 Å². The number of guanidine groups is 1. The largest absolute Gasteiger partial charge is 0.469 e. The van der Waals surface area contributed by atoms with Crippen LogP contribution in [0.3, 0.4) is 0 Å². The van der Waals surface area contributed by atoms with Crippen molar-refractivity contribution in [2.75, 3.05) is 26.2 Å². The van der Waals surface area contributed by atoms with Gasteiger partial charge in [-0.15, -0.1) is 0 Å². The third kappa shape index (κ3) is 3.65. The molecule has 2 aliphatic rings. The number of hydrogen-bond donors (Lipinski definition) is 1. The van der Waals surface area contributed by atoms with Gasteiger partial charge in [-0.1, -0.05) is 19.8 Å². The first-order chi connectivity index (χ1) is 10.8. The van der Waals surface area contributed by atoms with Gasteiger partial charge in [-0.05, 0) is 43.2 Å². The van der Waals surface area contributed by atoms with Crippen molar-refractivity contribution in [3.63, 3.8) is 0 Å². The lowest BCUT2D eigenvalue weighted by molar-refractivity contribution is 0.151. The van der Waals surface area contributed by atoms with Gasteiger partial charge in [0.05, 0.1) is 6.26 Å². The van der Waals surface area contributed by atoms with Crippen molar-refractivity contribution in [1.29, 1.82) is 0 Å². The summed E-state index contributed by atoms with van der Waals surface area (Å²) in [5, 5.41) is 3.56. The van der Waals surface area contributed by atoms with Crippen molar-refractivity contribution in [3.8, 4) is 0 Å². The number of rotatable bonds is 6. The number of furan rings is 1. The number of nitrogens with zero attached hydrogens (tertiary/aromatic N) is 2. The average molecular weight is 303 g/mol. The Hall–Kier alpha value is -1.45. The first-order valence-electron chi connectivity index (χ1n) is 8.87. The van der Waals surface area contributed by atoms with Gasteiger partial charge >= 0.3 is 0 Å². The van der Waals surface area contributed by atoms with E-state index < -0.39 is 0 Å². The van der Waals surface area contributed by atoms with Gasteiger partial charge in [0.2, 0.25) is 0 Å². The quantitative estimate of drug-likeness (QED) is 0.497. The Labute approximate surface area is 134 Å². The first kappa shape index (κ1) is 15.4. The lowest BCUT2D eigenvalue weighted by Crippen LogP contribution is -2.43. The Bertz CT molecular complexity index is 477. The van der Waals surface area contributed by atoms with E-state index >= 15 is 0 Å². The van der Waals surface area contributed by atoms with E-state index in [2.05, 4.69) is 17.1 Å². The number of likely N-dealkylation sites (tertiary alicyclic amines) is 1. The summed E-state index contributed by atoms with van der Waals surface area (Å²) in [6.07, 6.45) is 10.6. The third-order valence-corrected chi connectivity index (χ3v) is 5.16. The number of unbranched alkanes of at least 4 members (excludes halogenated alkanes) is 1. The monoisotopic (exact) mass is 303 g/mol. The Morgan fingerprint density at radius 3 is 2.95 bits per heavy atom. The molecule has 0 radical (unpaired) electrons. The SMILES string of the molecule is CCCCN=C(NCCc1ccco1)N1CCC2(CCC2)C1. The second-order valence-electron chi connectivity index (χ2n) is 6.84. The molecule has 4 heteroatoms. The molecule has 0 unspecified atom stereocenters. The molecule has 1 saturated heterocycles. The molecule has 0 bridgehead atoms. The molecule has 4 nitrogen and oxygen atoms in total. The highest BCUT2D eigenvalue weighted by atomic mass is 16.3. The van der Waals surface area contributed by atoms with Crippen molar-refractivity contribution in [2.24, 2.45) is 10.4 Å². The van der Waals surface area contributed by atoms with Crippen LogP contribution in [0.2, 0.25) is 0 Å². The predicted octanol–water partition coefficient (Wildman–Crippen LogP) is 3.44. The van der Waals surface area contributed by atoms with Crippen molar-refractivity contribution in [3.05, 3.63) is 24.2 Å². The fourth-order valence-electron chi connectivity index (χ4n) is 3.56. The fraction of sp³-hybridized carbons (Fsp3) is 0.722. The molecule has 22 heavy (non-hydrogen) atoms. The van der Waals surface area contributed by atoms with E-state index in [9.17, 15) is 0 Å². The Kier molecular flexibility index (Phi) is 5.06. The Morgan fingerprint density at radius 2 is 2.32 bits per heavy atom. The summed E-state index contributed by atoms with van der Waals surface area (Å²) in [7, 11) is 0. The zero-order valence-electron chi connectivity index (χ0n) is 13.8. The minimum Gasteiger partial charge on any atom is -0.469 e. The maximum absolute atomic E-state index is 5.41. The van der Waals surface area contributed by atoms with Gasteiger partial charge in [0.25, 0.3) is 0 Å². The van der Waals surface area contributed by atoms with Gasteiger partial charge in [-0.3, -0.25) is 4.99 Å². The first-order valence-corrected chi connectivity index (χ1v) is 8.87. The molecule has 0 amide bonds. The highest BCUT2D eigenvalue weighted by Crippen LogP contribution is 2.47. The number of nitrogens with one attached hydrogen (secondary N) is 1. The second-order valence-corrected chi connectivity index (χ2v) is 6.84. The highest BCUT2D eigenvalue weighted by molar-refractivity contribution is 5.80. The molecule has 0 aromatic carbocycles. The minimum absolute atomic E-state index is 0.619. The van der Waals surface area contributed by atoms with E-state index in [4.69, 9.17) is 9.41 Å². The summed E-state index contributed by atoms with van der Waals surface area (Å²) in [5.74, 6) is 2.15. The molecule has 0 atom stereocenters. The summed E-state index contributed by atoms with van der Waals surface area (Å²) in [4.78, 5) is 7.32.